The molecular weight excluding hydrogens is 244 g/mol. The van der Waals surface area contributed by atoms with Crippen molar-refractivity contribution in [2.45, 2.75) is 13.0 Å². The second-order valence-electron chi connectivity index (χ2n) is 4.17. The normalized spacial score (nSPS) is 12.1. The van der Waals surface area contributed by atoms with E-state index >= 15 is 0 Å². The maximum absolute atomic E-state index is 11.8. The fraction of sp³-hybridized carbons (Fsp3) is 0.286. The average Bonchev–Trinajstić information content (AvgIpc) is 2.87. The van der Waals surface area contributed by atoms with Crippen LogP contribution in [-0.4, -0.2) is 24.7 Å². The Morgan fingerprint density at radius 3 is 2.74 bits per heavy atom. The minimum Gasteiger partial charge on any atom is -0.375 e. The smallest absolute Gasteiger partial charge is 0.273 e. The van der Waals surface area contributed by atoms with Gasteiger partial charge in [0.05, 0.1) is 6.10 Å². The summed E-state index contributed by atoms with van der Waals surface area (Å²) in [6.07, 6.45) is -0.182. The summed E-state index contributed by atoms with van der Waals surface area (Å²) in [5, 5.41) is 6.44. The summed E-state index contributed by atoms with van der Waals surface area (Å²) in [6.45, 7) is 2.12. The molecule has 1 aromatic carbocycles. The van der Waals surface area contributed by atoms with Crippen molar-refractivity contribution in [3.63, 3.8) is 0 Å². The highest BCUT2D eigenvalue weighted by atomic mass is 16.5. The van der Waals surface area contributed by atoms with Crippen LogP contribution in [0.15, 0.2) is 40.9 Å². The Morgan fingerprint density at radius 1 is 1.42 bits per heavy atom. The van der Waals surface area contributed by atoms with E-state index in [9.17, 15) is 4.79 Å². The summed E-state index contributed by atoms with van der Waals surface area (Å²) < 4.78 is 10.2. The van der Waals surface area contributed by atoms with Crippen molar-refractivity contribution in [1.82, 2.24) is 10.5 Å². The van der Waals surface area contributed by atoms with Gasteiger partial charge >= 0.3 is 0 Å². The van der Waals surface area contributed by atoms with Crippen molar-refractivity contribution < 1.29 is 14.1 Å². The van der Waals surface area contributed by atoms with Gasteiger partial charge in [-0.15, -0.1) is 0 Å². The first kappa shape index (κ1) is 13.3. The minimum atomic E-state index is -0.269. The molecule has 0 bridgehead atoms. The lowest BCUT2D eigenvalue weighted by molar-refractivity contribution is 0.0821. The van der Waals surface area contributed by atoms with Crippen LogP contribution in [0.25, 0.3) is 0 Å². The molecule has 1 aromatic heterocycles. The van der Waals surface area contributed by atoms with E-state index in [0.717, 1.165) is 5.56 Å². The fourth-order valence-electron chi connectivity index (χ4n) is 1.75. The standard InChI is InChI=1S/C14H16N2O3/c1-10-8-12(16-19-10)14(17)15-9-13(18-2)11-6-4-3-5-7-11/h3-8,13H,9H2,1-2H3,(H,15,17). The third-order valence-electron chi connectivity index (χ3n) is 2.76. The predicted molar refractivity (Wildman–Crippen MR) is 69.8 cm³/mol. The van der Waals surface area contributed by atoms with E-state index in [1.165, 1.54) is 0 Å². The van der Waals surface area contributed by atoms with Crippen LogP contribution < -0.4 is 5.32 Å². The second-order valence-corrected chi connectivity index (χ2v) is 4.17. The highest BCUT2D eigenvalue weighted by Crippen LogP contribution is 2.15. The maximum atomic E-state index is 11.8. The van der Waals surface area contributed by atoms with E-state index < -0.39 is 0 Å². The SMILES string of the molecule is COC(CNC(=O)c1cc(C)on1)c1ccccc1. The van der Waals surface area contributed by atoms with Gasteiger partial charge in [-0.05, 0) is 12.5 Å². The number of aromatic nitrogens is 1. The molecule has 0 aliphatic rings. The zero-order valence-corrected chi connectivity index (χ0v) is 10.9. The molecular formula is C14H16N2O3. The van der Waals surface area contributed by atoms with Crippen molar-refractivity contribution in [3.05, 3.63) is 53.4 Å². The van der Waals surface area contributed by atoms with E-state index in [1.54, 1.807) is 20.1 Å². The molecule has 0 radical (unpaired) electrons. The van der Waals surface area contributed by atoms with Crippen molar-refractivity contribution >= 4 is 5.91 Å². The van der Waals surface area contributed by atoms with E-state index in [4.69, 9.17) is 9.26 Å². The molecule has 1 atom stereocenters. The van der Waals surface area contributed by atoms with Crippen LogP contribution in [-0.2, 0) is 4.74 Å². The van der Waals surface area contributed by atoms with Crippen LogP contribution in [0.4, 0.5) is 0 Å². The topological polar surface area (TPSA) is 64.4 Å². The summed E-state index contributed by atoms with van der Waals surface area (Å²) in [4.78, 5) is 11.8. The summed E-state index contributed by atoms with van der Waals surface area (Å²) in [7, 11) is 1.62. The molecule has 100 valence electrons. The number of carbonyl (C=O) groups excluding carboxylic acids is 1. The number of hydrogen-bond donors (Lipinski definition) is 1. The summed E-state index contributed by atoms with van der Waals surface area (Å²) in [6, 6.07) is 11.3. The molecule has 5 heteroatoms. The van der Waals surface area contributed by atoms with Crippen LogP contribution in [0, 0.1) is 6.92 Å². The van der Waals surface area contributed by atoms with Gasteiger partial charge in [-0.1, -0.05) is 35.5 Å². The van der Waals surface area contributed by atoms with Gasteiger partial charge < -0.3 is 14.6 Å². The third-order valence-corrected chi connectivity index (χ3v) is 2.76. The summed E-state index contributed by atoms with van der Waals surface area (Å²) in [5.41, 5.74) is 1.29. The number of benzene rings is 1. The first-order valence-electron chi connectivity index (χ1n) is 6.00. The molecule has 2 rings (SSSR count). The third kappa shape index (κ3) is 3.42. The lowest BCUT2D eigenvalue weighted by atomic mass is 10.1. The number of ether oxygens (including phenoxy) is 1. The Kier molecular flexibility index (Phi) is 4.30. The number of aryl methyl sites for hydroxylation is 1. The first-order valence-corrected chi connectivity index (χ1v) is 6.00. The molecule has 0 spiro atoms. The largest absolute Gasteiger partial charge is 0.375 e. The van der Waals surface area contributed by atoms with Crippen LogP contribution in [0.3, 0.4) is 0 Å². The van der Waals surface area contributed by atoms with Crippen molar-refractivity contribution in [3.8, 4) is 0 Å². The van der Waals surface area contributed by atoms with Gasteiger partial charge in [0.15, 0.2) is 5.69 Å². The van der Waals surface area contributed by atoms with Crippen LogP contribution in [0.2, 0.25) is 0 Å². The number of nitrogens with one attached hydrogen (secondary N) is 1. The van der Waals surface area contributed by atoms with Gasteiger partial charge in [-0.2, -0.15) is 0 Å². The van der Waals surface area contributed by atoms with Gasteiger partial charge in [-0.3, -0.25) is 4.79 Å². The van der Waals surface area contributed by atoms with Crippen LogP contribution in [0.1, 0.15) is 27.9 Å². The highest BCUT2D eigenvalue weighted by molar-refractivity contribution is 5.92. The van der Waals surface area contributed by atoms with Gasteiger partial charge in [0, 0.05) is 19.7 Å². The summed E-state index contributed by atoms with van der Waals surface area (Å²) >= 11 is 0. The molecule has 1 unspecified atom stereocenters. The van der Waals surface area contributed by atoms with Crippen molar-refractivity contribution in [2.75, 3.05) is 13.7 Å². The van der Waals surface area contributed by atoms with Crippen LogP contribution >= 0.6 is 0 Å². The number of nitrogens with zero attached hydrogens (tertiary/aromatic N) is 1. The van der Waals surface area contributed by atoms with E-state index in [-0.39, 0.29) is 17.7 Å². The molecule has 0 aliphatic carbocycles. The van der Waals surface area contributed by atoms with Gasteiger partial charge in [-0.25, -0.2) is 0 Å². The Bertz CT molecular complexity index is 537. The number of rotatable bonds is 5. The zero-order chi connectivity index (χ0) is 13.7. The van der Waals surface area contributed by atoms with Gasteiger partial charge in [0.25, 0.3) is 5.91 Å². The monoisotopic (exact) mass is 260 g/mol. The van der Waals surface area contributed by atoms with Crippen molar-refractivity contribution in [2.24, 2.45) is 0 Å². The molecule has 0 saturated heterocycles. The number of methoxy groups -OCH3 is 1. The Balaban J connectivity index is 1.95. The zero-order valence-electron chi connectivity index (χ0n) is 10.9. The second kappa shape index (κ2) is 6.15. The van der Waals surface area contributed by atoms with Crippen LogP contribution in [0.5, 0.6) is 0 Å². The Hall–Kier alpha value is -2.14. The Morgan fingerprint density at radius 2 is 2.16 bits per heavy atom. The summed E-state index contributed by atoms with van der Waals surface area (Å²) in [5.74, 6) is 0.339. The predicted octanol–water partition coefficient (Wildman–Crippen LogP) is 2.10. The van der Waals surface area contributed by atoms with E-state index in [2.05, 4.69) is 10.5 Å². The van der Waals surface area contributed by atoms with Crippen molar-refractivity contribution in [1.29, 1.82) is 0 Å². The lowest BCUT2D eigenvalue weighted by Crippen LogP contribution is -2.29. The lowest BCUT2D eigenvalue weighted by Gasteiger charge is -2.15. The highest BCUT2D eigenvalue weighted by Gasteiger charge is 2.14. The molecule has 19 heavy (non-hydrogen) atoms. The van der Waals surface area contributed by atoms with Gasteiger partial charge in [0.2, 0.25) is 0 Å². The van der Waals surface area contributed by atoms with E-state index in [0.29, 0.717) is 12.3 Å². The molecule has 0 fully saturated rings. The maximum Gasteiger partial charge on any atom is 0.273 e. The molecule has 5 nitrogen and oxygen atoms in total. The number of amides is 1. The molecule has 0 saturated carbocycles. The molecule has 1 N–H and O–H groups in total. The molecule has 1 heterocycles. The van der Waals surface area contributed by atoms with Gasteiger partial charge in [0.1, 0.15) is 5.76 Å². The quantitative estimate of drug-likeness (QED) is 0.894. The molecule has 0 aliphatic heterocycles. The number of hydrogen-bond acceptors (Lipinski definition) is 4. The minimum absolute atomic E-state index is 0.182. The van der Waals surface area contributed by atoms with E-state index in [1.807, 2.05) is 30.3 Å². The molecule has 1 amide bonds. The fourth-order valence-corrected chi connectivity index (χ4v) is 1.75. The molecule has 2 aromatic rings. The average molecular weight is 260 g/mol. The number of carbonyl (C=O) groups is 1. The first-order chi connectivity index (χ1) is 9.20. The Labute approximate surface area is 111 Å².